The first kappa shape index (κ1) is 24.8. The number of methoxy groups -OCH3 is 1. The second-order valence-electron chi connectivity index (χ2n) is 7.77. The molecule has 3 aromatic carbocycles. The molecule has 0 atom stereocenters. The molecule has 0 saturated carbocycles. The van der Waals surface area contributed by atoms with E-state index in [9.17, 15) is 18.0 Å². The molecule has 0 bridgehead atoms. The number of nitrogens with one attached hydrogen (secondary N) is 2. The lowest BCUT2D eigenvalue weighted by molar-refractivity contribution is 0.0378. The molecule has 0 spiro atoms. The molecule has 0 aliphatic carbocycles. The number of aryl methyl sites for hydroxylation is 1. The van der Waals surface area contributed by atoms with Gasteiger partial charge in [-0.3, -0.25) is 9.52 Å². The van der Waals surface area contributed by atoms with Crippen molar-refractivity contribution >= 4 is 33.3 Å². The maximum Gasteiger partial charge on any atom is 0.338 e. The van der Waals surface area contributed by atoms with Gasteiger partial charge in [-0.25, -0.2) is 13.2 Å². The standard InChI is InChI=1S/C25H26N2O6S/c1-16(2)33-25(29)18-11-13-20(14-12-18)26-24(28)19-10-9-17(3)23(15-19)34(30,31)27-21-7-5-6-8-22(21)32-4/h5-16,27H,1-4H3,(H,26,28). The van der Waals surface area contributed by atoms with Gasteiger partial charge in [0.05, 0.1) is 29.4 Å². The molecule has 34 heavy (non-hydrogen) atoms. The maximum atomic E-state index is 13.1. The molecule has 2 N–H and O–H groups in total. The second-order valence-corrected chi connectivity index (χ2v) is 9.42. The van der Waals surface area contributed by atoms with Gasteiger partial charge < -0.3 is 14.8 Å². The van der Waals surface area contributed by atoms with Crippen LogP contribution in [0.2, 0.25) is 0 Å². The molecule has 3 aromatic rings. The van der Waals surface area contributed by atoms with Crippen molar-refractivity contribution in [1.82, 2.24) is 0 Å². The summed E-state index contributed by atoms with van der Waals surface area (Å²) in [4.78, 5) is 24.7. The Morgan fingerprint density at radius 1 is 0.912 bits per heavy atom. The number of carbonyl (C=O) groups is 2. The van der Waals surface area contributed by atoms with Gasteiger partial charge in [-0.15, -0.1) is 0 Å². The molecule has 178 valence electrons. The summed E-state index contributed by atoms with van der Waals surface area (Å²) < 4.78 is 39.0. The summed E-state index contributed by atoms with van der Waals surface area (Å²) in [7, 11) is -2.54. The Hall–Kier alpha value is -3.85. The van der Waals surface area contributed by atoms with Gasteiger partial charge in [0.2, 0.25) is 0 Å². The van der Waals surface area contributed by atoms with Crippen LogP contribution >= 0.6 is 0 Å². The van der Waals surface area contributed by atoms with Crippen LogP contribution in [0.15, 0.2) is 71.6 Å². The smallest absolute Gasteiger partial charge is 0.338 e. The number of hydrogen-bond donors (Lipinski definition) is 2. The van der Waals surface area contributed by atoms with Crippen LogP contribution in [0.25, 0.3) is 0 Å². The number of sulfonamides is 1. The third-order valence-electron chi connectivity index (χ3n) is 4.81. The Labute approximate surface area is 199 Å². The molecule has 0 heterocycles. The molecule has 0 unspecified atom stereocenters. The monoisotopic (exact) mass is 482 g/mol. The van der Waals surface area contributed by atoms with E-state index in [-0.39, 0.29) is 22.3 Å². The fourth-order valence-electron chi connectivity index (χ4n) is 3.13. The van der Waals surface area contributed by atoms with Crippen LogP contribution in [0.4, 0.5) is 11.4 Å². The molecule has 8 nitrogen and oxygen atoms in total. The zero-order chi connectivity index (χ0) is 24.9. The third-order valence-corrected chi connectivity index (χ3v) is 6.32. The van der Waals surface area contributed by atoms with Gasteiger partial charge in [0.25, 0.3) is 15.9 Å². The van der Waals surface area contributed by atoms with Crippen molar-refractivity contribution in [2.75, 3.05) is 17.1 Å². The molecule has 3 rings (SSSR count). The molecule has 0 aliphatic heterocycles. The largest absolute Gasteiger partial charge is 0.495 e. The zero-order valence-electron chi connectivity index (χ0n) is 19.3. The second kappa shape index (κ2) is 10.4. The normalized spacial score (nSPS) is 11.1. The van der Waals surface area contributed by atoms with E-state index < -0.39 is 21.9 Å². The summed E-state index contributed by atoms with van der Waals surface area (Å²) in [6, 6.07) is 17.3. The van der Waals surface area contributed by atoms with Crippen LogP contribution in [0, 0.1) is 6.92 Å². The lowest BCUT2D eigenvalue weighted by Gasteiger charge is -2.14. The Kier molecular flexibility index (Phi) is 7.57. The third kappa shape index (κ3) is 5.93. The number of carbonyl (C=O) groups excluding carboxylic acids is 2. The number of esters is 1. The highest BCUT2D eigenvalue weighted by molar-refractivity contribution is 7.92. The predicted molar refractivity (Wildman–Crippen MR) is 130 cm³/mol. The highest BCUT2D eigenvalue weighted by Gasteiger charge is 2.21. The maximum absolute atomic E-state index is 13.1. The quantitative estimate of drug-likeness (QED) is 0.453. The number of amides is 1. The van der Waals surface area contributed by atoms with Crippen LogP contribution in [-0.2, 0) is 14.8 Å². The van der Waals surface area contributed by atoms with Crippen LogP contribution in [0.1, 0.15) is 40.1 Å². The summed E-state index contributed by atoms with van der Waals surface area (Å²) in [5.41, 5.74) is 1.73. The minimum atomic E-state index is -3.99. The van der Waals surface area contributed by atoms with E-state index in [2.05, 4.69) is 10.0 Å². The van der Waals surface area contributed by atoms with Crippen molar-refractivity contribution < 1.29 is 27.5 Å². The van der Waals surface area contributed by atoms with Crippen molar-refractivity contribution in [3.8, 4) is 5.75 Å². The molecular weight excluding hydrogens is 456 g/mol. The number of ether oxygens (including phenoxy) is 2. The van der Waals surface area contributed by atoms with E-state index in [0.717, 1.165) is 0 Å². The Morgan fingerprint density at radius 3 is 2.21 bits per heavy atom. The highest BCUT2D eigenvalue weighted by Crippen LogP contribution is 2.27. The molecule has 0 aliphatic rings. The summed E-state index contributed by atoms with van der Waals surface area (Å²) in [5, 5.41) is 2.70. The summed E-state index contributed by atoms with van der Waals surface area (Å²) in [5.74, 6) is -0.576. The van der Waals surface area contributed by atoms with Crippen molar-refractivity contribution in [2.45, 2.75) is 31.8 Å². The van der Waals surface area contributed by atoms with Crippen LogP contribution in [-0.4, -0.2) is 33.5 Å². The number of para-hydroxylation sites is 2. The minimum Gasteiger partial charge on any atom is -0.495 e. The number of rotatable bonds is 8. The molecule has 0 saturated heterocycles. The van der Waals surface area contributed by atoms with Crippen LogP contribution in [0.3, 0.4) is 0 Å². The summed E-state index contributed by atoms with van der Waals surface area (Å²) >= 11 is 0. The molecular formula is C25H26N2O6S. The highest BCUT2D eigenvalue weighted by atomic mass is 32.2. The van der Waals surface area contributed by atoms with Crippen molar-refractivity contribution in [3.63, 3.8) is 0 Å². The van der Waals surface area contributed by atoms with E-state index in [1.807, 2.05) is 0 Å². The van der Waals surface area contributed by atoms with E-state index in [4.69, 9.17) is 9.47 Å². The zero-order valence-corrected chi connectivity index (χ0v) is 20.1. The van der Waals surface area contributed by atoms with E-state index in [0.29, 0.717) is 22.6 Å². The number of hydrogen-bond acceptors (Lipinski definition) is 6. The van der Waals surface area contributed by atoms with E-state index in [1.165, 1.54) is 13.2 Å². The molecule has 1 amide bonds. The number of anilines is 2. The van der Waals surface area contributed by atoms with Crippen molar-refractivity contribution in [3.05, 3.63) is 83.4 Å². The van der Waals surface area contributed by atoms with E-state index in [1.54, 1.807) is 81.4 Å². The first-order valence-electron chi connectivity index (χ1n) is 10.5. The Bertz CT molecular complexity index is 1300. The minimum absolute atomic E-state index is 0.0298. The van der Waals surface area contributed by atoms with Crippen molar-refractivity contribution in [2.24, 2.45) is 0 Å². The van der Waals surface area contributed by atoms with Gasteiger partial charge >= 0.3 is 5.97 Å². The molecule has 9 heteroatoms. The predicted octanol–water partition coefficient (Wildman–Crippen LogP) is 4.62. The first-order chi connectivity index (χ1) is 16.1. The van der Waals surface area contributed by atoms with Gasteiger partial charge in [0.15, 0.2) is 0 Å². The van der Waals surface area contributed by atoms with Crippen LogP contribution < -0.4 is 14.8 Å². The lowest BCUT2D eigenvalue weighted by Crippen LogP contribution is -2.17. The van der Waals surface area contributed by atoms with Gasteiger partial charge in [-0.2, -0.15) is 0 Å². The van der Waals surface area contributed by atoms with E-state index >= 15 is 0 Å². The number of benzene rings is 3. The van der Waals surface area contributed by atoms with Crippen LogP contribution in [0.5, 0.6) is 5.75 Å². The van der Waals surface area contributed by atoms with Gasteiger partial charge in [-0.05, 0) is 74.9 Å². The fourth-order valence-corrected chi connectivity index (χ4v) is 4.48. The fraction of sp³-hybridized carbons (Fsp3) is 0.200. The average molecular weight is 483 g/mol. The Morgan fingerprint density at radius 2 is 1.56 bits per heavy atom. The lowest BCUT2D eigenvalue weighted by atomic mass is 10.1. The van der Waals surface area contributed by atoms with Gasteiger partial charge in [-0.1, -0.05) is 18.2 Å². The SMILES string of the molecule is COc1ccccc1NS(=O)(=O)c1cc(C(=O)Nc2ccc(C(=O)OC(C)C)cc2)ccc1C. The average Bonchev–Trinajstić information content (AvgIpc) is 2.79. The summed E-state index contributed by atoms with van der Waals surface area (Å²) in [6.07, 6.45) is -0.239. The molecule has 0 aromatic heterocycles. The van der Waals surface area contributed by atoms with Gasteiger partial charge in [0.1, 0.15) is 5.75 Å². The topological polar surface area (TPSA) is 111 Å². The van der Waals surface area contributed by atoms with Gasteiger partial charge in [0, 0.05) is 11.3 Å². The molecule has 0 radical (unpaired) electrons. The summed E-state index contributed by atoms with van der Waals surface area (Å²) in [6.45, 7) is 5.16. The van der Waals surface area contributed by atoms with Crippen molar-refractivity contribution in [1.29, 1.82) is 0 Å². The Balaban J connectivity index is 1.80. The first-order valence-corrected chi connectivity index (χ1v) is 12.0. The molecule has 0 fully saturated rings.